The fourth-order valence-corrected chi connectivity index (χ4v) is 2.28. The Bertz CT molecular complexity index is 320. The summed E-state index contributed by atoms with van der Waals surface area (Å²) in [6, 6.07) is -0.307. The fraction of sp³-hybridized carbons (Fsp3) is 0.800. The second kappa shape index (κ2) is 9.10. The Balaban J connectivity index is 2.12. The maximum absolute atomic E-state index is 11.3. The zero-order chi connectivity index (χ0) is 15.0. The number of hydrogen-bond acceptors (Lipinski definition) is 4. The summed E-state index contributed by atoms with van der Waals surface area (Å²) in [7, 11) is 1.60. The molecule has 1 amide bonds. The first-order valence-electron chi connectivity index (χ1n) is 7.40. The van der Waals surface area contributed by atoms with Crippen molar-refractivity contribution >= 4 is 5.91 Å². The van der Waals surface area contributed by atoms with Gasteiger partial charge in [-0.05, 0) is 31.6 Å². The number of aliphatic hydroxyl groups is 1. The van der Waals surface area contributed by atoms with Crippen molar-refractivity contribution < 1.29 is 14.6 Å². The molecule has 20 heavy (non-hydrogen) atoms. The van der Waals surface area contributed by atoms with E-state index >= 15 is 0 Å². The third-order valence-electron chi connectivity index (χ3n) is 3.86. The van der Waals surface area contributed by atoms with Crippen molar-refractivity contribution in [3.05, 3.63) is 12.2 Å². The third-order valence-corrected chi connectivity index (χ3v) is 3.86. The van der Waals surface area contributed by atoms with Crippen LogP contribution in [0.25, 0.3) is 0 Å². The van der Waals surface area contributed by atoms with Crippen LogP contribution in [0, 0.1) is 11.8 Å². The van der Waals surface area contributed by atoms with Gasteiger partial charge in [-0.2, -0.15) is 0 Å². The molecule has 3 N–H and O–H groups in total. The lowest BCUT2D eigenvalue weighted by Crippen LogP contribution is -2.44. The molecule has 1 rings (SSSR count). The molecule has 0 saturated carbocycles. The topological polar surface area (TPSA) is 70.6 Å². The lowest BCUT2D eigenvalue weighted by atomic mass is 9.85. The van der Waals surface area contributed by atoms with Crippen molar-refractivity contribution in [2.24, 2.45) is 11.8 Å². The van der Waals surface area contributed by atoms with Gasteiger partial charge in [-0.25, -0.2) is 0 Å². The van der Waals surface area contributed by atoms with Crippen LogP contribution in [0.4, 0.5) is 0 Å². The minimum Gasteiger partial charge on any atom is -0.389 e. The van der Waals surface area contributed by atoms with Gasteiger partial charge in [0.25, 0.3) is 0 Å². The van der Waals surface area contributed by atoms with Crippen LogP contribution in [0.15, 0.2) is 12.2 Å². The maximum Gasteiger partial charge on any atom is 0.236 e. The lowest BCUT2D eigenvalue weighted by Gasteiger charge is -2.25. The molecule has 0 spiro atoms. The van der Waals surface area contributed by atoms with E-state index in [1.165, 1.54) is 0 Å². The minimum atomic E-state index is -0.587. The van der Waals surface area contributed by atoms with Gasteiger partial charge in [-0.15, -0.1) is 0 Å². The van der Waals surface area contributed by atoms with Crippen LogP contribution in [0.2, 0.25) is 0 Å². The number of hydrogen-bond donors (Lipinski definition) is 3. The van der Waals surface area contributed by atoms with E-state index in [-0.39, 0.29) is 11.9 Å². The van der Waals surface area contributed by atoms with E-state index in [1.807, 2.05) is 0 Å². The van der Waals surface area contributed by atoms with Crippen LogP contribution in [0.1, 0.15) is 26.7 Å². The maximum atomic E-state index is 11.3. The summed E-state index contributed by atoms with van der Waals surface area (Å²) < 4.78 is 5.60. The summed E-state index contributed by atoms with van der Waals surface area (Å²) in [5.74, 6) is 1.11. The molecule has 0 aromatic rings. The van der Waals surface area contributed by atoms with E-state index < -0.39 is 6.10 Å². The molecule has 0 bridgehead atoms. The molecule has 0 heterocycles. The third kappa shape index (κ3) is 6.03. The Labute approximate surface area is 121 Å². The number of nitrogens with one attached hydrogen (secondary N) is 2. The van der Waals surface area contributed by atoms with Crippen LogP contribution in [0.5, 0.6) is 0 Å². The molecule has 0 aliphatic heterocycles. The van der Waals surface area contributed by atoms with Gasteiger partial charge >= 0.3 is 0 Å². The van der Waals surface area contributed by atoms with Crippen molar-refractivity contribution in [3.63, 3.8) is 0 Å². The second-order valence-electron chi connectivity index (χ2n) is 5.62. The van der Waals surface area contributed by atoms with Crippen molar-refractivity contribution in [3.8, 4) is 0 Å². The van der Waals surface area contributed by atoms with Gasteiger partial charge < -0.3 is 20.5 Å². The molecule has 5 heteroatoms. The molecule has 0 aromatic carbocycles. The first kappa shape index (κ1) is 17.1. The van der Waals surface area contributed by atoms with E-state index in [1.54, 1.807) is 14.0 Å². The Kier molecular flexibility index (Phi) is 7.80. The first-order valence-corrected chi connectivity index (χ1v) is 7.40. The second-order valence-corrected chi connectivity index (χ2v) is 5.62. The average Bonchev–Trinajstić information content (AvgIpc) is 2.45. The van der Waals surface area contributed by atoms with Gasteiger partial charge in [-0.1, -0.05) is 19.1 Å². The first-order chi connectivity index (χ1) is 9.54. The van der Waals surface area contributed by atoms with Crippen LogP contribution in [-0.4, -0.2) is 50.0 Å². The number of carbonyl (C=O) groups excluding carboxylic acids is 1. The highest BCUT2D eigenvalue weighted by Gasteiger charge is 2.19. The molecule has 0 fully saturated rings. The molecule has 5 nitrogen and oxygen atoms in total. The Morgan fingerprint density at radius 1 is 1.45 bits per heavy atom. The van der Waals surface area contributed by atoms with E-state index in [0.29, 0.717) is 31.6 Å². The highest BCUT2D eigenvalue weighted by atomic mass is 16.5. The number of allylic oxidation sites excluding steroid dienone is 2. The largest absolute Gasteiger partial charge is 0.389 e. The lowest BCUT2D eigenvalue weighted by molar-refractivity contribution is -0.122. The summed E-state index contributed by atoms with van der Waals surface area (Å²) in [4.78, 5) is 11.3. The zero-order valence-corrected chi connectivity index (χ0v) is 12.8. The predicted molar refractivity (Wildman–Crippen MR) is 79.4 cm³/mol. The molecule has 0 aromatic heterocycles. The standard InChI is InChI=1S/C15H28N2O3/c1-11-6-4-5-7-13(11)9-20-10-14(18)8-17-12(2)15(19)16-3/h4-5,11-14,17-18H,6-10H2,1-3H3,(H,16,19). The SMILES string of the molecule is CNC(=O)C(C)NCC(O)COCC1CC=CCC1C. The molecular weight excluding hydrogens is 256 g/mol. The van der Waals surface area contributed by atoms with Gasteiger partial charge in [-0.3, -0.25) is 4.79 Å². The van der Waals surface area contributed by atoms with E-state index in [4.69, 9.17) is 4.74 Å². The van der Waals surface area contributed by atoms with E-state index in [2.05, 4.69) is 29.7 Å². The summed E-state index contributed by atoms with van der Waals surface area (Å²) >= 11 is 0. The summed E-state index contributed by atoms with van der Waals surface area (Å²) in [5.41, 5.74) is 0. The van der Waals surface area contributed by atoms with Crippen LogP contribution < -0.4 is 10.6 Å². The predicted octanol–water partition coefficient (Wildman–Crippen LogP) is 0.690. The molecule has 1 aliphatic carbocycles. The van der Waals surface area contributed by atoms with Crippen LogP contribution in [-0.2, 0) is 9.53 Å². The van der Waals surface area contributed by atoms with E-state index in [9.17, 15) is 9.90 Å². The van der Waals surface area contributed by atoms with Crippen molar-refractivity contribution in [1.29, 1.82) is 0 Å². The molecule has 4 unspecified atom stereocenters. The van der Waals surface area contributed by atoms with Gasteiger partial charge in [0.2, 0.25) is 5.91 Å². The van der Waals surface area contributed by atoms with Gasteiger partial charge in [0.1, 0.15) is 0 Å². The average molecular weight is 284 g/mol. The van der Waals surface area contributed by atoms with Gasteiger partial charge in [0, 0.05) is 13.6 Å². The number of carbonyl (C=O) groups is 1. The van der Waals surface area contributed by atoms with Crippen molar-refractivity contribution in [2.75, 3.05) is 26.8 Å². The minimum absolute atomic E-state index is 0.0825. The normalized spacial score (nSPS) is 25.2. The van der Waals surface area contributed by atoms with Crippen molar-refractivity contribution in [1.82, 2.24) is 10.6 Å². The number of amides is 1. The molecule has 1 aliphatic rings. The number of likely N-dealkylation sites (N-methyl/N-ethyl adjacent to an activating group) is 1. The van der Waals surface area contributed by atoms with Gasteiger partial charge in [0.15, 0.2) is 0 Å². The molecule has 0 saturated heterocycles. The molecule has 116 valence electrons. The number of ether oxygens (including phenoxy) is 1. The summed E-state index contributed by atoms with van der Waals surface area (Å²) in [6.07, 6.45) is 6.01. The Hall–Kier alpha value is -0.910. The fourth-order valence-electron chi connectivity index (χ4n) is 2.28. The highest BCUT2D eigenvalue weighted by Crippen LogP contribution is 2.24. The van der Waals surface area contributed by atoms with Crippen LogP contribution in [0.3, 0.4) is 0 Å². The summed E-state index contributed by atoms with van der Waals surface area (Å²) in [5, 5.41) is 15.4. The quantitative estimate of drug-likeness (QED) is 0.574. The van der Waals surface area contributed by atoms with Gasteiger partial charge in [0.05, 0.1) is 25.4 Å². The monoisotopic (exact) mass is 284 g/mol. The number of rotatable bonds is 8. The number of aliphatic hydroxyl groups excluding tert-OH is 1. The van der Waals surface area contributed by atoms with E-state index in [0.717, 1.165) is 12.8 Å². The van der Waals surface area contributed by atoms with Crippen LogP contribution >= 0.6 is 0 Å². The molecule has 4 atom stereocenters. The summed E-state index contributed by atoms with van der Waals surface area (Å²) in [6.45, 7) is 5.35. The molecule has 0 radical (unpaired) electrons. The highest BCUT2D eigenvalue weighted by molar-refractivity contribution is 5.80. The Morgan fingerprint density at radius 3 is 2.80 bits per heavy atom. The Morgan fingerprint density at radius 2 is 2.15 bits per heavy atom. The molecular formula is C15H28N2O3. The van der Waals surface area contributed by atoms with Crippen molar-refractivity contribution in [2.45, 2.75) is 38.8 Å². The smallest absolute Gasteiger partial charge is 0.236 e. The zero-order valence-electron chi connectivity index (χ0n) is 12.8.